The maximum Gasteiger partial charge on any atom is 0.240 e. The van der Waals surface area contributed by atoms with Gasteiger partial charge in [-0.15, -0.1) is 0 Å². The van der Waals surface area contributed by atoms with Gasteiger partial charge in [0.2, 0.25) is 15.9 Å². The number of amides is 1. The van der Waals surface area contributed by atoms with Crippen LogP contribution in [0.4, 0.5) is 18.9 Å². The van der Waals surface area contributed by atoms with Crippen LogP contribution in [0.3, 0.4) is 0 Å². The Morgan fingerprint density at radius 2 is 1.77 bits per heavy atom. The normalized spacial score (nSPS) is 11.4. The fraction of sp³-hybridized carbons (Fsp3) is 0.235. The molecule has 2 rings (SSSR count). The Balaban J connectivity index is 2.12. The molecule has 0 atom stereocenters. The summed E-state index contributed by atoms with van der Waals surface area (Å²) in [6, 6.07) is 6.08. The van der Waals surface area contributed by atoms with E-state index in [1.54, 1.807) is 0 Å². The minimum atomic E-state index is -3.93. The number of nitrogens with zero attached hydrogens (tertiary/aromatic N) is 1. The molecule has 0 saturated heterocycles. The number of carbonyl (C=O) groups is 1. The number of benzene rings is 2. The van der Waals surface area contributed by atoms with Crippen LogP contribution in [-0.2, 0) is 14.8 Å². The zero-order valence-electron chi connectivity index (χ0n) is 14.1. The van der Waals surface area contributed by atoms with Crippen molar-refractivity contribution in [3.8, 4) is 0 Å². The van der Waals surface area contributed by atoms with Crippen LogP contribution < -0.4 is 9.62 Å². The highest BCUT2D eigenvalue weighted by molar-refractivity contribution is 7.89. The molecule has 0 aliphatic heterocycles. The third-order valence-corrected chi connectivity index (χ3v) is 5.11. The van der Waals surface area contributed by atoms with Crippen molar-refractivity contribution in [2.75, 3.05) is 18.0 Å². The molecule has 1 N–H and O–H groups in total. The molecule has 26 heavy (non-hydrogen) atoms. The van der Waals surface area contributed by atoms with Gasteiger partial charge in [-0.25, -0.2) is 26.3 Å². The monoisotopic (exact) mass is 386 g/mol. The Hall–Kier alpha value is -2.39. The van der Waals surface area contributed by atoms with Crippen molar-refractivity contribution >= 4 is 21.6 Å². The Kier molecular flexibility index (Phi) is 6.04. The molecule has 5 nitrogen and oxygen atoms in total. The molecular formula is C17H17F3N2O3S. The first kappa shape index (κ1) is 19.9. The van der Waals surface area contributed by atoms with Gasteiger partial charge >= 0.3 is 0 Å². The maximum absolute atomic E-state index is 13.9. The molecule has 1 amide bonds. The molecule has 0 radical (unpaired) electrons. The Morgan fingerprint density at radius 1 is 1.08 bits per heavy atom. The van der Waals surface area contributed by atoms with Crippen LogP contribution in [0.1, 0.15) is 12.5 Å². The van der Waals surface area contributed by atoms with Gasteiger partial charge in [0.15, 0.2) is 0 Å². The standard InChI is InChI=1S/C17H17F3N2O3S/c1-11-9-14(4-5-15(11)19)26(24,25)21-7-8-22(12(2)23)17-6-3-13(18)10-16(17)20/h3-6,9-10,21H,7-8H2,1-2H3. The SMILES string of the molecule is CC(=O)N(CCNS(=O)(=O)c1ccc(F)c(C)c1)c1ccc(F)cc1F. The van der Waals surface area contributed by atoms with E-state index in [9.17, 15) is 26.4 Å². The summed E-state index contributed by atoms with van der Waals surface area (Å²) in [5.74, 6) is -2.79. The number of rotatable bonds is 6. The number of sulfonamides is 1. The van der Waals surface area contributed by atoms with Gasteiger partial charge in [-0.1, -0.05) is 0 Å². The van der Waals surface area contributed by atoms with E-state index in [-0.39, 0.29) is 29.2 Å². The second kappa shape index (κ2) is 7.88. The number of aryl methyl sites for hydroxylation is 1. The van der Waals surface area contributed by atoms with Gasteiger partial charge in [0, 0.05) is 26.1 Å². The molecule has 0 unspecified atom stereocenters. The summed E-state index contributed by atoms with van der Waals surface area (Å²) in [6.45, 7) is 2.23. The molecule has 140 valence electrons. The molecule has 0 bridgehead atoms. The molecule has 0 aromatic heterocycles. The summed E-state index contributed by atoms with van der Waals surface area (Å²) in [5, 5.41) is 0. The molecule has 2 aromatic carbocycles. The van der Waals surface area contributed by atoms with E-state index in [4.69, 9.17) is 0 Å². The van der Waals surface area contributed by atoms with Gasteiger partial charge in [-0.05, 0) is 42.8 Å². The lowest BCUT2D eigenvalue weighted by atomic mass is 10.2. The van der Waals surface area contributed by atoms with Crippen molar-refractivity contribution in [3.05, 3.63) is 59.4 Å². The molecule has 0 heterocycles. The Bertz CT molecular complexity index is 933. The van der Waals surface area contributed by atoms with E-state index in [1.807, 2.05) is 0 Å². The van der Waals surface area contributed by atoms with Gasteiger partial charge in [0.05, 0.1) is 10.6 Å². The van der Waals surface area contributed by atoms with E-state index in [0.29, 0.717) is 6.07 Å². The quantitative estimate of drug-likeness (QED) is 0.830. The predicted octanol–water partition coefficient (Wildman–Crippen LogP) is 2.74. The Labute approximate surface area is 149 Å². The molecule has 0 spiro atoms. The first-order chi connectivity index (χ1) is 12.1. The second-order valence-corrected chi connectivity index (χ2v) is 7.34. The highest BCUT2D eigenvalue weighted by Gasteiger charge is 2.19. The highest BCUT2D eigenvalue weighted by atomic mass is 32.2. The lowest BCUT2D eigenvalue weighted by Crippen LogP contribution is -2.38. The van der Waals surface area contributed by atoms with Crippen LogP contribution in [0.25, 0.3) is 0 Å². The number of carbonyl (C=O) groups excluding carboxylic acids is 1. The zero-order valence-corrected chi connectivity index (χ0v) is 14.9. The lowest BCUT2D eigenvalue weighted by Gasteiger charge is -2.22. The summed E-state index contributed by atoms with van der Waals surface area (Å²) in [5.41, 5.74) is 0.0161. The van der Waals surface area contributed by atoms with Gasteiger partial charge in [0.1, 0.15) is 17.5 Å². The number of anilines is 1. The van der Waals surface area contributed by atoms with Gasteiger partial charge in [-0.3, -0.25) is 4.79 Å². The number of nitrogens with one attached hydrogen (secondary N) is 1. The number of hydrogen-bond acceptors (Lipinski definition) is 3. The average Bonchev–Trinajstić information content (AvgIpc) is 2.54. The molecule has 9 heteroatoms. The van der Waals surface area contributed by atoms with Gasteiger partial charge < -0.3 is 4.90 Å². The van der Waals surface area contributed by atoms with E-state index >= 15 is 0 Å². The van der Waals surface area contributed by atoms with E-state index in [1.165, 1.54) is 19.9 Å². The first-order valence-electron chi connectivity index (χ1n) is 7.61. The molecule has 0 fully saturated rings. The van der Waals surface area contributed by atoms with Crippen molar-refractivity contribution in [3.63, 3.8) is 0 Å². The van der Waals surface area contributed by atoms with Gasteiger partial charge in [-0.2, -0.15) is 0 Å². The summed E-state index contributed by atoms with van der Waals surface area (Å²) in [6.07, 6.45) is 0. The van der Waals surface area contributed by atoms with Crippen LogP contribution >= 0.6 is 0 Å². The smallest absolute Gasteiger partial charge is 0.240 e. The van der Waals surface area contributed by atoms with Gasteiger partial charge in [0.25, 0.3) is 0 Å². The lowest BCUT2D eigenvalue weighted by molar-refractivity contribution is -0.116. The Morgan fingerprint density at radius 3 is 2.35 bits per heavy atom. The molecular weight excluding hydrogens is 369 g/mol. The van der Waals surface area contributed by atoms with E-state index < -0.39 is 33.4 Å². The summed E-state index contributed by atoms with van der Waals surface area (Å²) in [7, 11) is -3.93. The molecule has 0 saturated carbocycles. The van der Waals surface area contributed by atoms with E-state index in [2.05, 4.69) is 4.72 Å². The topological polar surface area (TPSA) is 66.5 Å². The zero-order chi connectivity index (χ0) is 19.5. The average molecular weight is 386 g/mol. The van der Waals surface area contributed by atoms with Crippen LogP contribution in [0.2, 0.25) is 0 Å². The highest BCUT2D eigenvalue weighted by Crippen LogP contribution is 2.20. The van der Waals surface area contributed by atoms with Crippen LogP contribution in [0, 0.1) is 24.4 Å². The van der Waals surface area contributed by atoms with Crippen molar-refractivity contribution in [2.45, 2.75) is 18.7 Å². The van der Waals surface area contributed by atoms with Crippen molar-refractivity contribution < 1.29 is 26.4 Å². The number of hydrogen-bond donors (Lipinski definition) is 1. The van der Waals surface area contributed by atoms with Crippen molar-refractivity contribution in [2.24, 2.45) is 0 Å². The minimum Gasteiger partial charge on any atom is -0.309 e. The van der Waals surface area contributed by atoms with Crippen LogP contribution in [-0.4, -0.2) is 27.4 Å². The molecule has 0 aliphatic carbocycles. The molecule has 2 aromatic rings. The fourth-order valence-electron chi connectivity index (χ4n) is 2.31. The summed E-state index contributed by atoms with van der Waals surface area (Å²) < 4.78 is 66.9. The van der Waals surface area contributed by atoms with Crippen LogP contribution in [0.5, 0.6) is 0 Å². The second-order valence-electron chi connectivity index (χ2n) is 5.58. The van der Waals surface area contributed by atoms with Crippen molar-refractivity contribution in [1.82, 2.24) is 4.72 Å². The van der Waals surface area contributed by atoms with Crippen molar-refractivity contribution in [1.29, 1.82) is 0 Å². The number of halogens is 3. The summed E-state index contributed by atoms with van der Waals surface area (Å²) in [4.78, 5) is 12.6. The first-order valence-corrected chi connectivity index (χ1v) is 9.09. The third-order valence-electron chi connectivity index (χ3n) is 3.65. The summed E-state index contributed by atoms with van der Waals surface area (Å²) >= 11 is 0. The fourth-order valence-corrected chi connectivity index (χ4v) is 3.41. The molecule has 0 aliphatic rings. The van der Waals surface area contributed by atoms with E-state index in [0.717, 1.165) is 29.2 Å². The predicted molar refractivity (Wildman–Crippen MR) is 90.7 cm³/mol. The largest absolute Gasteiger partial charge is 0.309 e. The third kappa shape index (κ3) is 4.61. The maximum atomic E-state index is 13.9. The minimum absolute atomic E-state index is 0.126. The van der Waals surface area contributed by atoms with Crippen LogP contribution in [0.15, 0.2) is 41.3 Å².